The van der Waals surface area contributed by atoms with Crippen LogP contribution in [-0.2, 0) is 14.3 Å². The third-order valence-electron chi connectivity index (χ3n) is 4.21. The van der Waals surface area contributed by atoms with Crippen LogP contribution in [0, 0.1) is 0 Å². The van der Waals surface area contributed by atoms with E-state index in [1.165, 1.54) is 0 Å². The highest BCUT2D eigenvalue weighted by Gasteiger charge is 2.16. The predicted octanol–water partition coefficient (Wildman–Crippen LogP) is 4.85. The predicted molar refractivity (Wildman–Crippen MR) is 122 cm³/mol. The molecule has 0 aliphatic heterocycles. The van der Waals surface area contributed by atoms with E-state index in [2.05, 4.69) is 26.2 Å². The van der Waals surface area contributed by atoms with Gasteiger partial charge in [-0.1, -0.05) is 15.9 Å². The lowest BCUT2D eigenvalue weighted by Crippen LogP contribution is -2.31. The molecule has 1 aromatic heterocycles. The molecule has 168 valence electrons. The van der Waals surface area contributed by atoms with Crippen LogP contribution in [0.1, 0.15) is 13.8 Å². The van der Waals surface area contributed by atoms with E-state index in [1.807, 2.05) is 24.3 Å². The third kappa shape index (κ3) is 6.84. The average Bonchev–Trinajstić information content (AvgIpc) is 2.78. The largest absolute Gasteiger partial charge is 0.479 e. The number of fused-ring (bicyclic) bond motifs is 1. The molecule has 1 amide bonds. The molecule has 0 aliphatic rings. The molecule has 0 aliphatic carbocycles. The number of pyridine rings is 1. The van der Waals surface area contributed by atoms with Gasteiger partial charge in [0, 0.05) is 15.9 Å². The van der Waals surface area contributed by atoms with Gasteiger partial charge in [0.2, 0.25) is 5.88 Å². The van der Waals surface area contributed by atoms with Crippen LogP contribution in [0.15, 0.2) is 59.1 Å². The van der Waals surface area contributed by atoms with Crippen molar-refractivity contribution in [2.45, 2.75) is 20.0 Å². The lowest BCUT2D eigenvalue weighted by molar-refractivity contribution is -0.150. The molecule has 0 spiro atoms. The van der Waals surface area contributed by atoms with E-state index in [0.29, 0.717) is 17.4 Å². The lowest BCUT2D eigenvalue weighted by atomic mass is 10.2. The van der Waals surface area contributed by atoms with Gasteiger partial charge in [-0.15, -0.1) is 0 Å². The van der Waals surface area contributed by atoms with E-state index in [1.54, 1.807) is 44.2 Å². The molecule has 8 nitrogen and oxygen atoms in total. The summed E-state index contributed by atoms with van der Waals surface area (Å²) >= 11 is 3.44. The topological polar surface area (TPSA) is 96.0 Å². The van der Waals surface area contributed by atoms with Crippen molar-refractivity contribution in [2.75, 3.05) is 19.8 Å². The molecule has 3 aromatic rings. The maximum atomic E-state index is 12.0. The summed E-state index contributed by atoms with van der Waals surface area (Å²) in [6.07, 6.45) is -1.37. The number of hydrogen-bond acceptors (Lipinski definition) is 7. The molecule has 1 atom stereocenters. The number of hydrogen-bond donors (Lipinski definition) is 1. The summed E-state index contributed by atoms with van der Waals surface area (Å²) in [6.45, 7) is 3.74. The summed E-state index contributed by atoms with van der Waals surface area (Å²) in [5, 5.41) is 3.47. The van der Waals surface area contributed by atoms with Gasteiger partial charge in [-0.25, -0.2) is 14.6 Å². The number of alkyl carbamates (subject to hydrolysis) is 1. The number of benzene rings is 2. The van der Waals surface area contributed by atoms with E-state index < -0.39 is 18.2 Å². The smallest absolute Gasteiger partial charge is 0.407 e. The Morgan fingerprint density at radius 3 is 2.53 bits per heavy atom. The summed E-state index contributed by atoms with van der Waals surface area (Å²) in [4.78, 5) is 27.7. The fourth-order valence-corrected chi connectivity index (χ4v) is 3.08. The van der Waals surface area contributed by atoms with Gasteiger partial charge in [-0.3, -0.25) is 0 Å². The number of aromatic nitrogens is 1. The van der Waals surface area contributed by atoms with Gasteiger partial charge in [0.1, 0.15) is 18.1 Å². The Kier molecular flexibility index (Phi) is 8.27. The van der Waals surface area contributed by atoms with Crippen LogP contribution in [0.25, 0.3) is 10.9 Å². The van der Waals surface area contributed by atoms with Crippen LogP contribution in [0.3, 0.4) is 0 Å². The first-order valence-electron chi connectivity index (χ1n) is 10.0. The van der Waals surface area contributed by atoms with Crippen LogP contribution in [0.2, 0.25) is 0 Å². The molecule has 1 unspecified atom stereocenters. The highest BCUT2D eigenvalue weighted by Crippen LogP contribution is 2.26. The number of carbonyl (C=O) groups excluding carboxylic acids is 2. The molecule has 0 saturated heterocycles. The molecule has 1 heterocycles. The molecule has 2 aromatic carbocycles. The number of nitrogens with one attached hydrogen (secondary N) is 1. The fourth-order valence-electron chi connectivity index (χ4n) is 2.70. The Morgan fingerprint density at radius 1 is 1.03 bits per heavy atom. The number of halogens is 1. The van der Waals surface area contributed by atoms with Crippen molar-refractivity contribution in [3.05, 3.63) is 59.1 Å². The zero-order chi connectivity index (χ0) is 22.9. The lowest BCUT2D eigenvalue weighted by Gasteiger charge is -2.14. The highest BCUT2D eigenvalue weighted by molar-refractivity contribution is 9.10. The van der Waals surface area contributed by atoms with Gasteiger partial charge in [0.15, 0.2) is 6.10 Å². The van der Waals surface area contributed by atoms with Crippen LogP contribution < -0.4 is 14.8 Å². The third-order valence-corrected chi connectivity index (χ3v) is 4.70. The second-order valence-corrected chi connectivity index (χ2v) is 7.55. The van der Waals surface area contributed by atoms with E-state index in [9.17, 15) is 9.59 Å². The number of rotatable bonds is 9. The normalized spacial score (nSPS) is 11.5. The Labute approximate surface area is 194 Å². The summed E-state index contributed by atoms with van der Waals surface area (Å²) < 4.78 is 22.2. The number of amides is 1. The van der Waals surface area contributed by atoms with Crippen molar-refractivity contribution in [3.63, 3.8) is 0 Å². The van der Waals surface area contributed by atoms with Crippen molar-refractivity contribution in [3.8, 4) is 17.4 Å². The van der Waals surface area contributed by atoms with E-state index >= 15 is 0 Å². The van der Waals surface area contributed by atoms with E-state index in [4.69, 9.17) is 18.9 Å². The summed E-state index contributed by atoms with van der Waals surface area (Å²) in [5.41, 5.74) is 0.829. The highest BCUT2D eigenvalue weighted by atomic mass is 79.9. The second-order valence-electron chi connectivity index (χ2n) is 6.63. The van der Waals surface area contributed by atoms with Crippen LogP contribution in [-0.4, -0.2) is 42.9 Å². The molecular formula is C23H23BrN2O6. The van der Waals surface area contributed by atoms with Crippen LogP contribution in [0.5, 0.6) is 17.4 Å². The number of ether oxygens (including phenoxy) is 4. The molecule has 32 heavy (non-hydrogen) atoms. The molecule has 1 N–H and O–H groups in total. The monoisotopic (exact) mass is 502 g/mol. The molecule has 0 saturated carbocycles. The SMILES string of the molecule is CCOC(=O)NCCOC(=O)C(C)Oc1ccc(Oc2ccc3cc(Br)ccc3n2)cc1. The Balaban J connectivity index is 1.48. The van der Waals surface area contributed by atoms with Gasteiger partial charge >= 0.3 is 12.1 Å². The standard InChI is InChI=1S/C23H23BrN2O6/c1-3-29-23(28)25-12-13-30-22(27)15(2)31-18-6-8-19(9-7-18)32-21-11-4-16-14-17(24)5-10-20(16)26-21/h4-11,14-15H,3,12-13H2,1-2H3,(H,25,28). The average molecular weight is 503 g/mol. The van der Waals surface area contributed by atoms with Gasteiger partial charge in [-0.05, 0) is 62.4 Å². The fraction of sp³-hybridized carbons (Fsp3) is 0.261. The molecule has 0 fully saturated rings. The quantitative estimate of drug-likeness (QED) is 0.330. The maximum absolute atomic E-state index is 12.0. The Bertz CT molecular complexity index is 1070. The van der Waals surface area contributed by atoms with E-state index in [0.717, 1.165) is 15.4 Å². The van der Waals surface area contributed by atoms with Crippen LogP contribution in [0.4, 0.5) is 4.79 Å². The number of nitrogens with zero attached hydrogens (tertiary/aromatic N) is 1. The van der Waals surface area contributed by atoms with Crippen molar-refractivity contribution in [2.24, 2.45) is 0 Å². The minimum atomic E-state index is -0.814. The van der Waals surface area contributed by atoms with Crippen molar-refractivity contribution >= 4 is 38.9 Å². The van der Waals surface area contributed by atoms with Gasteiger partial charge < -0.3 is 24.3 Å². The first kappa shape index (κ1) is 23.3. The molecule has 9 heteroatoms. The first-order valence-corrected chi connectivity index (χ1v) is 10.8. The van der Waals surface area contributed by atoms with Gasteiger partial charge in [0.25, 0.3) is 0 Å². The zero-order valence-electron chi connectivity index (χ0n) is 17.7. The minimum absolute atomic E-state index is 0.0217. The van der Waals surface area contributed by atoms with E-state index in [-0.39, 0.29) is 19.8 Å². The molecule has 0 radical (unpaired) electrons. The number of esters is 1. The minimum Gasteiger partial charge on any atom is -0.479 e. The Hall–Kier alpha value is -3.33. The summed E-state index contributed by atoms with van der Waals surface area (Å²) in [5.74, 6) is 1.01. The molecule has 0 bridgehead atoms. The van der Waals surface area contributed by atoms with Gasteiger partial charge in [0.05, 0.1) is 18.7 Å². The first-order chi connectivity index (χ1) is 15.4. The van der Waals surface area contributed by atoms with Crippen molar-refractivity contribution in [1.29, 1.82) is 0 Å². The molecular weight excluding hydrogens is 480 g/mol. The maximum Gasteiger partial charge on any atom is 0.407 e. The Morgan fingerprint density at radius 2 is 1.78 bits per heavy atom. The zero-order valence-corrected chi connectivity index (χ0v) is 19.3. The van der Waals surface area contributed by atoms with Crippen molar-refractivity contribution in [1.82, 2.24) is 10.3 Å². The van der Waals surface area contributed by atoms with Crippen LogP contribution >= 0.6 is 15.9 Å². The molecule has 3 rings (SSSR count). The van der Waals surface area contributed by atoms with Gasteiger partial charge in [-0.2, -0.15) is 0 Å². The summed E-state index contributed by atoms with van der Waals surface area (Å²) in [6, 6.07) is 16.4. The number of carbonyl (C=O) groups is 2. The van der Waals surface area contributed by atoms with Crippen molar-refractivity contribution < 1.29 is 28.5 Å². The second kappa shape index (κ2) is 11.3. The summed E-state index contributed by atoms with van der Waals surface area (Å²) in [7, 11) is 0.